The van der Waals surface area contributed by atoms with Crippen molar-refractivity contribution in [1.82, 2.24) is 0 Å². The zero-order valence-electron chi connectivity index (χ0n) is 9.63. The maximum absolute atomic E-state index is 13.0. The van der Waals surface area contributed by atoms with Gasteiger partial charge in [0.1, 0.15) is 5.82 Å². The van der Waals surface area contributed by atoms with E-state index in [1.165, 1.54) is 11.8 Å². The monoisotopic (exact) mass is 273 g/mol. The van der Waals surface area contributed by atoms with E-state index in [1.54, 1.807) is 6.92 Å². The summed E-state index contributed by atoms with van der Waals surface area (Å²) in [5, 5.41) is 19.4. The lowest BCUT2D eigenvalue weighted by molar-refractivity contribution is -0.385. The lowest BCUT2D eigenvalue weighted by Crippen LogP contribution is -2.11. The van der Waals surface area contributed by atoms with Gasteiger partial charge in [-0.05, 0) is 12.1 Å². The molecule has 98 valence electrons. The lowest BCUT2D eigenvalue weighted by atomic mass is 10.2. The average Bonchev–Trinajstić information content (AvgIpc) is 2.28. The molecule has 0 aliphatic carbocycles. The second kappa shape index (κ2) is 6.34. The van der Waals surface area contributed by atoms with E-state index in [0.717, 1.165) is 18.2 Å². The summed E-state index contributed by atoms with van der Waals surface area (Å²) in [6, 6.07) is 3.26. The van der Waals surface area contributed by atoms with E-state index in [0.29, 0.717) is 5.75 Å². The Bertz CT molecular complexity index is 466. The molecule has 0 radical (unpaired) electrons. The third-order valence-corrected chi connectivity index (χ3v) is 3.54. The summed E-state index contributed by atoms with van der Waals surface area (Å²) >= 11 is 1.23. The van der Waals surface area contributed by atoms with Crippen LogP contribution in [0.25, 0.3) is 0 Å². The number of nitro groups is 1. The number of carbonyl (C=O) groups is 1. The van der Waals surface area contributed by atoms with Crippen LogP contribution in [0.2, 0.25) is 0 Å². The molecule has 1 unspecified atom stereocenters. The first-order chi connectivity index (χ1) is 8.41. The van der Waals surface area contributed by atoms with Crippen LogP contribution in [0.1, 0.15) is 12.5 Å². The summed E-state index contributed by atoms with van der Waals surface area (Å²) in [7, 11) is 0. The van der Waals surface area contributed by atoms with Gasteiger partial charge in [0.25, 0.3) is 5.69 Å². The van der Waals surface area contributed by atoms with Gasteiger partial charge in [-0.3, -0.25) is 14.9 Å². The Balaban J connectivity index is 2.69. The van der Waals surface area contributed by atoms with Crippen LogP contribution in [0.4, 0.5) is 10.1 Å². The van der Waals surface area contributed by atoms with Crippen LogP contribution in [-0.2, 0) is 10.5 Å². The van der Waals surface area contributed by atoms with E-state index in [1.807, 2.05) is 0 Å². The molecule has 18 heavy (non-hydrogen) atoms. The fraction of sp³-hybridized carbons (Fsp3) is 0.364. The quantitative estimate of drug-likeness (QED) is 0.636. The minimum atomic E-state index is -0.920. The molecular weight excluding hydrogens is 261 g/mol. The van der Waals surface area contributed by atoms with E-state index < -0.39 is 22.6 Å². The van der Waals surface area contributed by atoms with Crippen molar-refractivity contribution in [3.05, 3.63) is 39.7 Å². The van der Waals surface area contributed by atoms with E-state index in [2.05, 4.69) is 0 Å². The smallest absolute Gasteiger partial charge is 0.307 e. The van der Waals surface area contributed by atoms with E-state index >= 15 is 0 Å². The molecule has 0 bridgehead atoms. The highest BCUT2D eigenvalue weighted by molar-refractivity contribution is 7.98. The topological polar surface area (TPSA) is 80.4 Å². The molecule has 0 saturated carbocycles. The van der Waals surface area contributed by atoms with Gasteiger partial charge in [0.15, 0.2) is 0 Å². The first kappa shape index (κ1) is 14.4. The third-order valence-electron chi connectivity index (χ3n) is 2.29. The summed E-state index contributed by atoms with van der Waals surface area (Å²) in [4.78, 5) is 20.7. The van der Waals surface area contributed by atoms with Gasteiger partial charge < -0.3 is 5.11 Å². The molecule has 0 heterocycles. The standard InChI is InChI=1S/C11H12FNO4S/c1-7(11(14)15)5-18-6-8-4-9(12)2-3-10(8)13(16)17/h2-4,7H,5-6H2,1H3,(H,14,15). The number of hydrogen-bond acceptors (Lipinski definition) is 4. The van der Waals surface area contributed by atoms with Crippen LogP contribution in [0, 0.1) is 21.8 Å². The number of carboxylic acids is 1. The van der Waals surface area contributed by atoms with Crippen LogP contribution in [0.5, 0.6) is 0 Å². The number of hydrogen-bond donors (Lipinski definition) is 1. The number of nitrogens with zero attached hydrogens (tertiary/aromatic N) is 1. The maximum Gasteiger partial charge on any atom is 0.307 e. The van der Waals surface area contributed by atoms with E-state index in [9.17, 15) is 19.3 Å². The molecule has 5 nitrogen and oxygen atoms in total. The molecule has 1 aromatic carbocycles. The van der Waals surface area contributed by atoms with Crippen LogP contribution < -0.4 is 0 Å². The van der Waals surface area contributed by atoms with Crippen molar-refractivity contribution < 1.29 is 19.2 Å². The molecule has 0 aliphatic rings. The number of benzene rings is 1. The van der Waals surface area contributed by atoms with Gasteiger partial charge in [-0.2, -0.15) is 11.8 Å². The number of carboxylic acid groups (broad SMARTS) is 1. The zero-order valence-corrected chi connectivity index (χ0v) is 10.4. The Hall–Kier alpha value is -1.63. The predicted octanol–water partition coefficient (Wildman–Crippen LogP) is 2.69. The van der Waals surface area contributed by atoms with Crippen LogP contribution in [-0.4, -0.2) is 21.8 Å². The van der Waals surface area contributed by atoms with Gasteiger partial charge in [0, 0.05) is 23.1 Å². The highest BCUT2D eigenvalue weighted by Crippen LogP contribution is 2.25. The summed E-state index contributed by atoms with van der Waals surface area (Å²) < 4.78 is 13.0. The molecule has 1 aromatic rings. The van der Waals surface area contributed by atoms with Crippen molar-refractivity contribution >= 4 is 23.4 Å². The van der Waals surface area contributed by atoms with Gasteiger partial charge >= 0.3 is 5.97 Å². The average molecular weight is 273 g/mol. The Labute approximate surface area is 107 Å². The Kier molecular flexibility index (Phi) is 5.08. The first-order valence-electron chi connectivity index (χ1n) is 5.15. The zero-order chi connectivity index (χ0) is 13.7. The van der Waals surface area contributed by atoms with Gasteiger partial charge in [0.2, 0.25) is 0 Å². The van der Waals surface area contributed by atoms with E-state index in [-0.39, 0.29) is 17.0 Å². The largest absolute Gasteiger partial charge is 0.481 e. The second-order valence-electron chi connectivity index (χ2n) is 3.78. The SMILES string of the molecule is CC(CSCc1cc(F)ccc1[N+](=O)[O-])C(=O)O. The Morgan fingerprint density at radius 3 is 2.83 bits per heavy atom. The van der Waals surface area contributed by atoms with Crippen LogP contribution in [0.15, 0.2) is 18.2 Å². The minimum Gasteiger partial charge on any atom is -0.481 e. The fourth-order valence-corrected chi connectivity index (χ4v) is 2.33. The molecule has 0 spiro atoms. The van der Waals surface area contributed by atoms with Gasteiger partial charge in [-0.25, -0.2) is 4.39 Å². The van der Waals surface area contributed by atoms with Crippen molar-refractivity contribution in [2.75, 3.05) is 5.75 Å². The summed E-state index contributed by atoms with van der Waals surface area (Å²) in [6.07, 6.45) is 0. The Morgan fingerprint density at radius 1 is 1.61 bits per heavy atom. The molecule has 0 aromatic heterocycles. The van der Waals surface area contributed by atoms with Crippen molar-refractivity contribution in [2.24, 2.45) is 5.92 Å². The van der Waals surface area contributed by atoms with Crippen LogP contribution >= 0.6 is 11.8 Å². The predicted molar refractivity (Wildman–Crippen MR) is 66.0 cm³/mol. The van der Waals surface area contributed by atoms with Gasteiger partial charge in [0.05, 0.1) is 10.8 Å². The fourth-order valence-electron chi connectivity index (χ4n) is 1.26. The molecule has 0 aliphatic heterocycles. The van der Waals surface area contributed by atoms with Crippen LogP contribution in [0.3, 0.4) is 0 Å². The molecule has 0 saturated heterocycles. The van der Waals surface area contributed by atoms with Crippen molar-refractivity contribution in [3.63, 3.8) is 0 Å². The molecular formula is C11H12FNO4S. The highest BCUT2D eigenvalue weighted by Gasteiger charge is 2.16. The summed E-state index contributed by atoms with van der Waals surface area (Å²) in [6.45, 7) is 1.55. The van der Waals surface area contributed by atoms with Gasteiger partial charge in [-0.15, -0.1) is 0 Å². The normalized spacial score (nSPS) is 12.1. The van der Waals surface area contributed by atoms with Crippen molar-refractivity contribution in [3.8, 4) is 0 Å². The van der Waals surface area contributed by atoms with Crippen molar-refractivity contribution in [1.29, 1.82) is 0 Å². The highest BCUT2D eigenvalue weighted by atomic mass is 32.2. The number of thioether (sulfide) groups is 1. The number of aliphatic carboxylic acids is 1. The first-order valence-corrected chi connectivity index (χ1v) is 6.30. The molecule has 0 fully saturated rings. The van der Waals surface area contributed by atoms with E-state index in [4.69, 9.17) is 5.11 Å². The number of rotatable bonds is 6. The summed E-state index contributed by atoms with van der Waals surface area (Å²) in [5.74, 6) is -1.46. The molecule has 1 rings (SSSR count). The summed E-state index contributed by atoms with van der Waals surface area (Å²) in [5.41, 5.74) is 0.120. The molecule has 1 N–H and O–H groups in total. The minimum absolute atomic E-state index is 0.146. The lowest BCUT2D eigenvalue weighted by Gasteiger charge is -2.06. The Morgan fingerprint density at radius 2 is 2.28 bits per heavy atom. The second-order valence-corrected chi connectivity index (χ2v) is 4.81. The number of halogens is 1. The molecule has 1 atom stereocenters. The third kappa shape index (κ3) is 3.99. The number of nitro benzene ring substituents is 1. The molecule has 7 heteroatoms. The maximum atomic E-state index is 13.0. The van der Waals surface area contributed by atoms with Crippen molar-refractivity contribution in [2.45, 2.75) is 12.7 Å². The van der Waals surface area contributed by atoms with Gasteiger partial charge in [-0.1, -0.05) is 6.92 Å². The molecule has 0 amide bonds.